The first-order valence-electron chi connectivity index (χ1n) is 5.76. The van der Waals surface area contributed by atoms with E-state index in [4.69, 9.17) is 18.7 Å². The molecule has 0 aliphatic rings. The average molecular weight is 213 g/mol. The van der Waals surface area contributed by atoms with Gasteiger partial charge in [-0.3, -0.25) is 4.79 Å². The summed E-state index contributed by atoms with van der Waals surface area (Å²) in [4.78, 5) is 11.1. The lowest BCUT2D eigenvalue weighted by atomic mass is 10.0. The van der Waals surface area contributed by atoms with Gasteiger partial charge in [0.15, 0.2) is 11.5 Å². The van der Waals surface area contributed by atoms with Crippen LogP contribution in [0.25, 0.3) is 0 Å². The van der Waals surface area contributed by atoms with Gasteiger partial charge in [0.05, 0.1) is 20.1 Å². The highest BCUT2D eigenvalue weighted by Crippen LogP contribution is 2.30. The molecule has 1 N–H and O–H groups in total. The molecule has 0 fully saturated rings. The Balaban J connectivity index is 3.26. The van der Waals surface area contributed by atoms with Crippen LogP contribution in [0.4, 0.5) is 0 Å². The van der Waals surface area contributed by atoms with Crippen molar-refractivity contribution < 1.29 is 23.5 Å². The summed E-state index contributed by atoms with van der Waals surface area (Å²) in [6.45, 7) is -2.62. The molecular formula is C11H14O4. The fourth-order valence-electron chi connectivity index (χ4n) is 1.17. The second-order valence-electron chi connectivity index (χ2n) is 2.89. The van der Waals surface area contributed by atoms with Crippen molar-refractivity contribution in [3.63, 3.8) is 0 Å². The van der Waals surface area contributed by atoms with E-state index in [1.54, 1.807) is 0 Å². The van der Waals surface area contributed by atoms with Gasteiger partial charge in [0.2, 0.25) is 0 Å². The lowest BCUT2D eigenvalue weighted by molar-refractivity contribution is -0.138. The SMILES string of the molecule is [2H]C([2H])([2H])C(C(=O)O)c1ccc(OC)c(OC)c1. The maximum absolute atomic E-state index is 11.1. The first-order valence-corrected chi connectivity index (χ1v) is 4.26. The summed E-state index contributed by atoms with van der Waals surface area (Å²) in [5.74, 6) is -2.28. The molecule has 0 amide bonds. The number of methoxy groups -OCH3 is 2. The van der Waals surface area contributed by atoms with Crippen molar-refractivity contribution in [2.24, 2.45) is 0 Å². The van der Waals surface area contributed by atoms with E-state index >= 15 is 0 Å². The summed E-state index contributed by atoms with van der Waals surface area (Å²) in [5, 5.41) is 9.02. The number of carboxylic acids is 1. The highest BCUT2D eigenvalue weighted by atomic mass is 16.5. The Morgan fingerprint density at radius 1 is 1.40 bits per heavy atom. The van der Waals surface area contributed by atoms with E-state index in [-0.39, 0.29) is 5.56 Å². The van der Waals surface area contributed by atoms with Crippen molar-refractivity contribution in [1.29, 1.82) is 0 Å². The maximum Gasteiger partial charge on any atom is 0.310 e. The van der Waals surface area contributed by atoms with Crippen molar-refractivity contribution >= 4 is 5.97 Å². The zero-order valence-electron chi connectivity index (χ0n) is 11.5. The van der Waals surface area contributed by atoms with E-state index in [0.29, 0.717) is 11.5 Å². The van der Waals surface area contributed by atoms with Gasteiger partial charge in [-0.1, -0.05) is 6.07 Å². The molecule has 0 radical (unpaired) electrons. The van der Waals surface area contributed by atoms with Crippen LogP contribution in [0.2, 0.25) is 0 Å². The molecule has 0 aliphatic heterocycles. The zero-order chi connectivity index (χ0) is 13.9. The Labute approximate surface area is 92.7 Å². The number of aliphatic carboxylic acids is 1. The van der Waals surface area contributed by atoms with Crippen LogP contribution < -0.4 is 9.47 Å². The molecule has 0 heterocycles. The molecule has 0 saturated heterocycles. The molecule has 0 aliphatic carbocycles. The minimum atomic E-state index is -2.62. The van der Waals surface area contributed by atoms with Crippen LogP contribution in [0.5, 0.6) is 11.5 Å². The van der Waals surface area contributed by atoms with Gasteiger partial charge >= 0.3 is 5.97 Å². The van der Waals surface area contributed by atoms with Crippen LogP contribution in [0.3, 0.4) is 0 Å². The standard InChI is InChI=1S/C11H14O4/c1-7(11(12)13)8-4-5-9(14-2)10(6-8)15-3/h4-7H,1-3H3,(H,12,13)/i1D3. The number of benzene rings is 1. The monoisotopic (exact) mass is 213 g/mol. The number of carboxylic acid groups (broad SMARTS) is 1. The Hall–Kier alpha value is -1.71. The third-order valence-corrected chi connectivity index (χ3v) is 1.99. The summed E-state index contributed by atoms with van der Waals surface area (Å²) < 4.78 is 31.8. The van der Waals surface area contributed by atoms with Gasteiger partial charge in [0, 0.05) is 4.11 Å². The van der Waals surface area contributed by atoms with Crippen LogP contribution in [-0.4, -0.2) is 25.3 Å². The molecule has 82 valence electrons. The molecule has 15 heavy (non-hydrogen) atoms. The van der Waals surface area contributed by atoms with Crippen LogP contribution in [0.15, 0.2) is 18.2 Å². The largest absolute Gasteiger partial charge is 0.493 e. The molecule has 0 aromatic heterocycles. The van der Waals surface area contributed by atoms with Crippen LogP contribution in [0, 0.1) is 0 Å². The lowest BCUT2D eigenvalue weighted by Gasteiger charge is -2.11. The van der Waals surface area contributed by atoms with Crippen molar-refractivity contribution in [2.45, 2.75) is 12.8 Å². The molecular weight excluding hydrogens is 196 g/mol. The Morgan fingerprint density at radius 2 is 2.07 bits per heavy atom. The van der Waals surface area contributed by atoms with Crippen LogP contribution >= 0.6 is 0 Å². The van der Waals surface area contributed by atoms with E-state index < -0.39 is 18.7 Å². The second-order valence-corrected chi connectivity index (χ2v) is 2.89. The first kappa shape index (κ1) is 7.56. The minimum Gasteiger partial charge on any atom is -0.493 e. The molecule has 0 spiro atoms. The van der Waals surface area contributed by atoms with Crippen LogP contribution in [0.1, 0.15) is 22.4 Å². The van der Waals surface area contributed by atoms with Crippen LogP contribution in [-0.2, 0) is 4.79 Å². The molecule has 1 atom stereocenters. The van der Waals surface area contributed by atoms with Crippen molar-refractivity contribution in [1.82, 2.24) is 0 Å². The highest BCUT2D eigenvalue weighted by molar-refractivity contribution is 5.75. The minimum absolute atomic E-state index is 0.153. The van der Waals surface area contributed by atoms with Crippen molar-refractivity contribution in [3.8, 4) is 11.5 Å². The van der Waals surface area contributed by atoms with Crippen molar-refractivity contribution in [3.05, 3.63) is 23.8 Å². The Morgan fingerprint density at radius 3 is 2.53 bits per heavy atom. The summed E-state index contributed by atoms with van der Waals surface area (Å²) in [6, 6.07) is 4.26. The van der Waals surface area contributed by atoms with Crippen molar-refractivity contribution in [2.75, 3.05) is 14.2 Å². The maximum atomic E-state index is 11.1. The summed E-state index contributed by atoms with van der Waals surface area (Å²) in [6.07, 6.45) is 0. The van der Waals surface area contributed by atoms with Gasteiger partial charge < -0.3 is 14.6 Å². The van der Waals surface area contributed by atoms with Gasteiger partial charge in [-0.2, -0.15) is 0 Å². The predicted molar refractivity (Wildman–Crippen MR) is 55.6 cm³/mol. The normalized spacial score (nSPS) is 15.7. The first-order chi connectivity index (χ1) is 8.31. The third kappa shape index (κ3) is 2.40. The zero-order valence-corrected chi connectivity index (χ0v) is 8.48. The molecule has 1 unspecified atom stereocenters. The summed E-state index contributed by atoms with van der Waals surface area (Å²) in [5.41, 5.74) is 0.153. The third-order valence-electron chi connectivity index (χ3n) is 1.99. The summed E-state index contributed by atoms with van der Waals surface area (Å²) in [7, 11) is 2.84. The van der Waals surface area contributed by atoms with Gasteiger partial charge in [-0.15, -0.1) is 0 Å². The van der Waals surface area contributed by atoms with E-state index in [1.807, 2.05) is 0 Å². The predicted octanol–water partition coefficient (Wildman–Crippen LogP) is 1.89. The fourth-order valence-corrected chi connectivity index (χ4v) is 1.17. The number of ether oxygens (including phenoxy) is 2. The molecule has 0 saturated carbocycles. The van der Waals surface area contributed by atoms with Gasteiger partial charge in [-0.05, 0) is 24.5 Å². The summed E-state index contributed by atoms with van der Waals surface area (Å²) >= 11 is 0. The molecule has 1 aromatic carbocycles. The Kier molecular flexibility index (Phi) is 2.36. The number of hydrogen-bond donors (Lipinski definition) is 1. The van der Waals surface area contributed by atoms with E-state index in [9.17, 15) is 4.79 Å². The molecule has 1 aromatic rings. The molecule has 4 heteroatoms. The van der Waals surface area contributed by atoms with E-state index in [1.165, 1.54) is 32.4 Å². The van der Waals surface area contributed by atoms with E-state index in [0.717, 1.165) is 0 Å². The average Bonchev–Trinajstić information content (AvgIpc) is 2.26. The Bertz CT molecular complexity index is 442. The number of hydrogen-bond acceptors (Lipinski definition) is 3. The van der Waals surface area contributed by atoms with E-state index in [2.05, 4.69) is 0 Å². The molecule has 1 rings (SSSR count). The number of rotatable bonds is 4. The fraction of sp³-hybridized carbons (Fsp3) is 0.364. The highest BCUT2D eigenvalue weighted by Gasteiger charge is 2.15. The molecule has 0 bridgehead atoms. The van der Waals surface area contributed by atoms with Gasteiger partial charge in [0.1, 0.15) is 0 Å². The smallest absolute Gasteiger partial charge is 0.310 e. The van der Waals surface area contributed by atoms with Gasteiger partial charge in [-0.25, -0.2) is 0 Å². The quantitative estimate of drug-likeness (QED) is 0.829. The number of carbonyl (C=O) groups is 1. The molecule has 4 nitrogen and oxygen atoms in total. The van der Waals surface area contributed by atoms with Gasteiger partial charge in [0.25, 0.3) is 0 Å². The second kappa shape index (κ2) is 4.68. The lowest BCUT2D eigenvalue weighted by Crippen LogP contribution is -2.07. The topological polar surface area (TPSA) is 55.8 Å².